The van der Waals surface area contributed by atoms with Gasteiger partial charge in [-0.2, -0.15) is 0 Å². The molecule has 0 fully saturated rings. The number of nitrogens with zero attached hydrogens (tertiary/aromatic N) is 1. The minimum atomic E-state index is -0.828. The van der Waals surface area contributed by atoms with Crippen LogP contribution in [0.25, 0.3) is 0 Å². The predicted octanol–water partition coefficient (Wildman–Crippen LogP) is 2.40. The van der Waals surface area contributed by atoms with Crippen molar-refractivity contribution in [3.63, 3.8) is 0 Å². The molecule has 0 bridgehead atoms. The van der Waals surface area contributed by atoms with Crippen molar-refractivity contribution in [2.75, 3.05) is 18.0 Å². The highest BCUT2D eigenvalue weighted by Crippen LogP contribution is 2.28. The van der Waals surface area contributed by atoms with Crippen molar-refractivity contribution < 1.29 is 19.1 Å². The molecule has 0 aliphatic carbocycles. The molecule has 114 valence electrons. The van der Waals surface area contributed by atoms with E-state index in [0.29, 0.717) is 31.6 Å². The van der Waals surface area contributed by atoms with Gasteiger partial charge in [0.05, 0.1) is 11.6 Å². The van der Waals surface area contributed by atoms with Gasteiger partial charge in [0.25, 0.3) is 0 Å². The minimum absolute atomic E-state index is 0.262. The molecular formula is C15H19FN2O3. The Hall–Kier alpha value is -2.11. The van der Waals surface area contributed by atoms with Crippen LogP contribution in [0.15, 0.2) is 18.2 Å². The molecule has 1 unspecified atom stereocenters. The standard InChI is InChI=1S/C15H19FN2O3/c1-10(14(19)20)3-2-7-17-15(21)18-8-6-11-4-5-12(16)9-13(11)18/h4-5,9-10H,2-3,6-8H2,1H3,(H,17,21)(H,19,20). The summed E-state index contributed by atoms with van der Waals surface area (Å²) in [6.07, 6.45) is 1.84. The summed E-state index contributed by atoms with van der Waals surface area (Å²) < 4.78 is 13.3. The van der Waals surface area contributed by atoms with E-state index in [0.717, 1.165) is 12.0 Å². The number of halogens is 1. The average molecular weight is 294 g/mol. The molecule has 0 saturated carbocycles. The third-order valence-electron chi connectivity index (χ3n) is 3.70. The first-order valence-electron chi connectivity index (χ1n) is 7.05. The van der Waals surface area contributed by atoms with E-state index < -0.39 is 11.9 Å². The number of nitrogens with one attached hydrogen (secondary N) is 1. The first-order valence-corrected chi connectivity index (χ1v) is 7.05. The average Bonchev–Trinajstić information content (AvgIpc) is 2.85. The van der Waals surface area contributed by atoms with Crippen LogP contribution in [-0.4, -0.2) is 30.2 Å². The molecule has 21 heavy (non-hydrogen) atoms. The number of carbonyl (C=O) groups excluding carboxylic acids is 1. The second-order valence-electron chi connectivity index (χ2n) is 5.29. The molecule has 2 N–H and O–H groups in total. The number of hydrogen-bond acceptors (Lipinski definition) is 2. The number of benzene rings is 1. The van der Waals surface area contributed by atoms with Crippen LogP contribution >= 0.6 is 0 Å². The van der Waals surface area contributed by atoms with Gasteiger partial charge in [0.15, 0.2) is 0 Å². The largest absolute Gasteiger partial charge is 0.481 e. The summed E-state index contributed by atoms with van der Waals surface area (Å²) in [5.41, 5.74) is 1.58. The molecular weight excluding hydrogens is 275 g/mol. The van der Waals surface area contributed by atoms with Crippen molar-refractivity contribution in [3.05, 3.63) is 29.6 Å². The van der Waals surface area contributed by atoms with Gasteiger partial charge in [0.2, 0.25) is 0 Å². The van der Waals surface area contributed by atoms with Crippen molar-refractivity contribution in [1.82, 2.24) is 5.32 Å². The Morgan fingerprint density at radius 3 is 2.95 bits per heavy atom. The van der Waals surface area contributed by atoms with E-state index in [9.17, 15) is 14.0 Å². The zero-order valence-electron chi connectivity index (χ0n) is 11.9. The third kappa shape index (κ3) is 3.71. The monoisotopic (exact) mass is 294 g/mol. The van der Waals surface area contributed by atoms with Gasteiger partial charge in [-0.1, -0.05) is 13.0 Å². The number of hydrogen-bond donors (Lipinski definition) is 2. The van der Waals surface area contributed by atoms with Gasteiger partial charge in [0.1, 0.15) is 5.82 Å². The van der Waals surface area contributed by atoms with Crippen LogP contribution in [0.2, 0.25) is 0 Å². The van der Waals surface area contributed by atoms with Crippen LogP contribution in [0.3, 0.4) is 0 Å². The number of amides is 2. The van der Waals surface area contributed by atoms with E-state index >= 15 is 0 Å². The third-order valence-corrected chi connectivity index (χ3v) is 3.70. The molecule has 0 spiro atoms. The highest BCUT2D eigenvalue weighted by Gasteiger charge is 2.24. The Morgan fingerprint density at radius 1 is 1.48 bits per heavy atom. The van der Waals surface area contributed by atoms with Crippen molar-refractivity contribution in [2.24, 2.45) is 5.92 Å². The maximum atomic E-state index is 13.3. The highest BCUT2D eigenvalue weighted by molar-refractivity contribution is 5.94. The fraction of sp³-hybridized carbons (Fsp3) is 0.467. The summed E-state index contributed by atoms with van der Waals surface area (Å²) in [4.78, 5) is 24.3. The lowest BCUT2D eigenvalue weighted by Crippen LogP contribution is -2.39. The molecule has 5 nitrogen and oxygen atoms in total. The number of fused-ring (bicyclic) bond motifs is 1. The fourth-order valence-corrected chi connectivity index (χ4v) is 2.39. The summed E-state index contributed by atoms with van der Waals surface area (Å²) in [5, 5.41) is 11.5. The summed E-state index contributed by atoms with van der Waals surface area (Å²) in [7, 11) is 0. The van der Waals surface area contributed by atoms with E-state index in [1.54, 1.807) is 13.0 Å². The van der Waals surface area contributed by atoms with Crippen molar-refractivity contribution in [2.45, 2.75) is 26.2 Å². The molecule has 1 aromatic carbocycles. The van der Waals surface area contributed by atoms with E-state index in [2.05, 4.69) is 5.32 Å². The molecule has 1 aromatic rings. The smallest absolute Gasteiger partial charge is 0.321 e. The lowest BCUT2D eigenvalue weighted by atomic mass is 10.1. The number of aliphatic carboxylic acids is 1. The lowest BCUT2D eigenvalue weighted by Gasteiger charge is -2.18. The molecule has 6 heteroatoms. The van der Waals surface area contributed by atoms with Gasteiger partial charge in [-0.3, -0.25) is 9.69 Å². The normalized spacial score (nSPS) is 14.7. The predicted molar refractivity (Wildman–Crippen MR) is 76.9 cm³/mol. The topological polar surface area (TPSA) is 69.6 Å². The van der Waals surface area contributed by atoms with E-state index in [4.69, 9.17) is 5.11 Å². The number of urea groups is 1. The van der Waals surface area contributed by atoms with Crippen molar-refractivity contribution >= 4 is 17.7 Å². The van der Waals surface area contributed by atoms with Crippen LogP contribution in [0.1, 0.15) is 25.3 Å². The van der Waals surface area contributed by atoms with Gasteiger partial charge in [-0.15, -0.1) is 0 Å². The van der Waals surface area contributed by atoms with Crippen molar-refractivity contribution in [3.8, 4) is 0 Å². The zero-order valence-corrected chi connectivity index (χ0v) is 11.9. The van der Waals surface area contributed by atoms with Crippen LogP contribution < -0.4 is 10.2 Å². The lowest BCUT2D eigenvalue weighted by molar-refractivity contribution is -0.141. The fourth-order valence-electron chi connectivity index (χ4n) is 2.39. The molecule has 1 aliphatic heterocycles. The molecule has 2 amide bonds. The van der Waals surface area contributed by atoms with E-state index in [-0.39, 0.29) is 11.8 Å². The van der Waals surface area contributed by atoms with Crippen LogP contribution in [0.4, 0.5) is 14.9 Å². The molecule has 0 saturated heterocycles. The Labute approximate surface area is 122 Å². The van der Waals surface area contributed by atoms with Crippen LogP contribution in [0, 0.1) is 11.7 Å². The van der Waals surface area contributed by atoms with Crippen molar-refractivity contribution in [1.29, 1.82) is 0 Å². The van der Waals surface area contributed by atoms with Gasteiger partial charge in [-0.05, 0) is 37.0 Å². The summed E-state index contributed by atoms with van der Waals surface area (Å²) >= 11 is 0. The summed E-state index contributed by atoms with van der Waals surface area (Å²) in [6.45, 7) is 2.59. The van der Waals surface area contributed by atoms with Gasteiger partial charge in [-0.25, -0.2) is 9.18 Å². The number of carboxylic acids is 1. The minimum Gasteiger partial charge on any atom is -0.481 e. The maximum Gasteiger partial charge on any atom is 0.321 e. The number of carboxylic acid groups (broad SMARTS) is 1. The second-order valence-corrected chi connectivity index (χ2v) is 5.29. The Morgan fingerprint density at radius 2 is 2.24 bits per heavy atom. The van der Waals surface area contributed by atoms with Crippen LogP contribution in [0.5, 0.6) is 0 Å². The molecule has 0 aromatic heterocycles. The molecule has 1 atom stereocenters. The van der Waals surface area contributed by atoms with E-state index in [1.165, 1.54) is 17.0 Å². The molecule has 0 radical (unpaired) electrons. The first-order chi connectivity index (χ1) is 9.99. The van der Waals surface area contributed by atoms with Crippen LogP contribution in [-0.2, 0) is 11.2 Å². The zero-order chi connectivity index (χ0) is 15.4. The van der Waals surface area contributed by atoms with Gasteiger partial charge >= 0.3 is 12.0 Å². The van der Waals surface area contributed by atoms with Gasteiger partial charge in [0, 0.05) is 13.1 Å². The Balaban J connectivity index is 1.83. The Kier molecular flexibility index (Phi) is 4.77. The Bertz CT molecular complexity index is 548. The number of anilines is 1. The molecule has 1 heterocycles. The van der Waals surface area contributed by atoms with E-state index in [1.807, 2.05) is 0 Å². The summed E-state index contributed by atoms with van der Waals surface area (Å²) in [5.74, 6) is -1.60. The van der Waals surface area contributed by atoms with Gasteiger partial charge < -0.3 is 10.4 Å². The SMILES string of the molecule is CC(CCCNC(=O)N1CCc2ccc(F)cc21)C(=O)O. The maximum absolute atomic E-state index is 13.3. The first kappa shape index (κ1) is 15.3. The number of rotatable bonds is 5. The number of carbonyl (C=O) groups is 2. The quantitative estimate of drug-likeness (QED) is 0.819. The molecule has 2 rings (SSSR count). The molecule has 1 aliphatic rings. The summed E-state index contributed by atoms with van der Waals surface area (Å²) in [6, 6.07) is 4.20. The second kappa shape index (κ2) is 6.56. The highest BCUT2D eigenvalue weighted by atomic mass is 19.1.